The van der Waals surface area contributed by atoms with Gasteiger partial charge in [0, 0.05) is 6.54 Å². The Labute approximate surface area is 120 Å². The molecule has 2 aromatic carbocycles. The number of aryl methyl sites for hydroxylation is 1. The van der Waals surface area contributed by atoms with Gasteiger partial charge in [0.25, 0.3) is 0 Å². The predicted molar refractivity (Wildman–Crippen MR) is 80.6 cm³/mol. The van der Waals surface area contributed by atoms with Crippen molar-refractivity contribution in [2.45, 2.75) is 26.7 Å². The second-order valence-corrected chi connectivity index (χ2v) is 4.81. The molecule has 0 radical (unpaired) electrons. The molecule has 0 unspecified atom stereocenters. The number of ether oxygens (including phenoxy) is 2. The molecule has 106 valence electrons. The van der Waals surface area contributed by atoms with Crippen molar-refractivity contribution in [2.75, 3.05) is 7.11 Å². The van der Waals surface area contributed by atoms with Crippen LogP contribution in [0.2, 0.25) is 0 Å². The topological polar surface area (TPSA) is 44.5 Å². The molecule has 20 heavy (non-hydrogen) atoms. The fraction of sp³-hybridized carbons (Fsp3) is 0.294. The van der Waals surface area contributed by atoms with Crippen LogP contribution in [0, 0.1) is 6.92 Å². The van der Waals surface area contributed by atoms with E-state index in [1.54, 1.807) is 7.11 Å². The fourth-order valence-electron chi connectivity index (χ4n) is 2.09. The van der Waals surface area contributed by atoms with Crippen LogP contribution in [-0.2, 0) is 24.5 Å². The van der Waals surface area contributed by atoms with Gasteiger partial charge in [-0.3, -0.25) is 0 Å². The first kappa shape index (κ1) is 14.6. The Morgan fingerprint density at radius 1 is 1.00 bits per heavy atom. The Balaban J connectivity index is 1.92. The van der Waals surface area contributed by atoms with Crippen molar-refractivity contribution >= 4 is 0 Å². The van der Waals surface area contributed by atoms with Gasteiger partial charge in [0.15, 0.2) is 0 Å². The maximum Gasteiger partial charge on any atom is 0.119 e. The van der Waals surface area contributed by atoms with Gasteiger partial charge in [0.1, 0.15) is 5.75 Å². The van der Waals surface area contributed by atoms with E-state index in [1.165, 1.54) is 11.1 Å². The Morgan fingerprint density at radius 3 is 2.55 bits per heavy atom. The van der Waals surface area contributed by atoms with E-state index in [0.29, 0.717) is 19.8 Å². The van der Waals surface area contributed by atoms with E-state index in [-0.39, 0.29) is 0 Å². The monoisotopic (exact) mass is 271 g/mol. The molecule has 0 spiro atoms. The van der Waals surface area contributed by atoms with E-state index < -0.39 is 0 Å². The quantitative estimate of drug-likeness (QED) is 0.877. The van der Waals surface area contributed by atoms with Crippen molar-refractivity contribution < 1.29 is 9.47 Å². The first-order valence-corrected chi connectivity index (χ1v) is 6.72. The van der Waals surface area contributed by atoms with Crippen LogP contribution < -0.4 is 10.5 Å². The van der Waals surface area contributed by atoms with Crippen molar-refractivity contribution in [2.24, 2.45) is 5.73 Å². The largest absolute Gasteiger partial charge is 0.497 e. The first-order valence-electron chi connectivity index (χ1n) is 6.72. The third-order valence-electron chi connectivity index (χ3n) is 3.30. The number of hydrogen-bond donors (Lipinski definition) is 1. The second kappa shape index (κ2) is 7.08. The molecule has 0 aromatic heterocycles. The fourth-order valence-corrected chi connectivity index (χ4v) is 2.09. The van der Waals surface area contributed by atoms with Gasteiger partial charge in [-0.15, -0.1) is 0 Å². The van der Waals surface area contributed by atoms with Crippen LogP contribution in [-0.4, -0.2) is 7.11 Å². The zero-order chi connectivity index (χ0) is 14.4. The van der Waals surface area contributed by atoms with Gasteiger partial charge >= 0.3 is 0 Å². The second-order valence-electron chi connectivity index (χ2n) is 4.81. The van der Waals surface area contributed by atoms with Gasteiger partial charge in [0.05, 0.1) is 20.3 Å². The van der Waals surface area contributed by atoms with E-state index in [4.69, 9.17) is 15.2 Å². The van der Waals surface area contributed by atoms with E-state index in [9.17, 15) is 0 Å². The van der Waals surface area contributed by atoms with Crippen LogP contribution in [0.3, 0.4) is 0 Å². The molecule has 3 heteroatoms. The Morgan fingerprint density at radius 2 is 1.85 bits per heavy atom. The number of nitrogens with two attached hydrogens (primary N) is 1. The van der Waals surface area contributed by atoms with Gasteiger partial charge in [-0.25, -0.2) is 0 Å². The molecule has 0 bridgehead atoms. The third-order valence-corrected chi connectivity index (χ3v) is 3.30. The van der Waals surface area contributed by atoms with E-state index in [1.807, 2.05) is 24.3 Å². The van der Waals surface area contributed by atoms with Crippen molar-refractivity contribution in [3.05, 3.63) is 64.7 Å². The molecule has 0 atom stereocenters. The summed E-state index contributed by atoms with van der Waals surface area (Å²) in [5.41, 5.74) is 10.3. The first-order chi connectivity index (χ1) is 9.72. The summed E-state index contributed by atoms with van der Waals surface area (Å²) in [6.07, 6.45) is 0. The van der Waals surface area contributed by atoms with E-state index >= 15 is 0 Å². The molecular weight excluding hydrogens is 250 g/mol. The third kappa shape index (κ3) is 3.83. The molecule has 0 aliphatic carbocycles. The molecule has 0 saturated heterocycles. The lowest BCUT2D eigenvalue weighted by Gasteiger charge is -2.09. The molecule has 0 amide bonds. The number of rotatable bonds is 6. The van der Waals surface area contributed by atoms with Gasteiger partial charge in [-0.1, -0.05) is 30.3 Å². The summed E-state index contributed by atoms with van der Waals surface area (Å²) in [4.78, 5) is 0. The van der Waals surface area contributed by atoms with Crippen molar-refractivity contribution in [3.8, 4) is 5.75 Å². The van der Waals surface area contributed by atoms with Gasteiger partial charge in [-0.05, 0) is 41.3 Å². The molecule has 0 saturated carbocycles. The standard InChI is InChI=1S/C17H21NO2/c1-13-8-14(10-18)6-7-16(13)12-20-11-15-4-3-5-17(9-15)19-2/h3-9H,10-12,18H2,1-2H3. The Hall–Kier alpha value is -1.84. The Bertz CT molecular complexity index is 567. The van der Waals surface area contributed by atoms with Crippen molar-refractivity contribution in [3.63, 3.8) is 0 Å². The number of hydrogen-bond acceptors (Lipinski definition) is 3. The molecule has 2 aromatic rings. The normalized spacial score (nSPS) is 10.6. The van der Waals surface area contributed by atoms with Gasteiger partial charge in [0.2, 0.25) is 0 Å². The minimum Gasteiger partial charge on any atom is -0.497 e. The summed E-state index contributed by atoms with van der Waals surface area (Å²) in [6.45, 7) is 3.85. The summed E-state index contributed by atoms with van der Waals surface area (Å²) in [7, 11) is 1.67. The SMILES string of the molecule is COc1cccc(COCc2ccc(CN)cc2C)c1. The highest BCUT2D eigenvalue weighted by Gasteiger charge is 2.01. The summed E-state index contributed by atoms with van der Waals surface area (Å²) >= 11 is 0. The number of benzene rings is 2. The zero-order valence-electron chi connectivity index (χ0n) is 12.1. The average molecular weight is 271 g/mol. The summed E-state index contributed by atoms with van der Waals surface area (Å²) < 4.78 is 11.0. The van der Waals surface area contributed by atoms with Crippen LogP contribution in [0.4, 0.5) is 0 Å². The summed E-state index contributed by atoms with van der Waals surface area (Å²) in [5.74, 6) is 0.856. The molecule has 0 heterocycles. The smallest absolute Gasteiger partial charge is 0.119 e. The van der Waals surface area contributed by atoms with Crippen LogP contribution >= 0.6 is 0 Å². The lowest BCUT2D eigenvalue weighted by Crippen LogP contribution is -2.00. The highest BCUT2D eigenvalue weighted by molar-refractivity contribution is 5.31. The Kier molecular flexibility index (Phi) is 5.16. The molecule has 0 aliphatic rings. The van der Waals surface area contributed by atoms with E-state index in [0.717, 1.165) is 16.9 Å². The summed E-state index contributed by atoms with van der Waals surface area (Å²) in [6, 6.07) is 14.2. The molecule has 3 nitrogen and oxygen atoms in total. The highest BCUT2D eigenvalue weighted by atomic mass is 16.5. The average Bonchev–Trinajstić information content (AvgIpc) is 2.49. The van der Waals surface area contributed by atoms with Crippen LogP contribution in [0.1, 0.15) is 22.3 Å². The maximum absolute atomic E-state index is 5.77. The molecule has 2 rings (SSSR count). The predicted octanol–water partition coefficient (Wildman–Crippen LogP) is 3.18. The molecule has 0 aliphatic heterocycles. The minimum atomic E-state index is 0.575. The maximum atomic E-state index is 5.77. The minimum absolute atomic E-state index is 0.575. The molecule has 2 N–H and O–H groups in total. The molecule has 0 fully saturated rings. The zero-order valence-corrected chi connectivity index (χ0v) is 12.1. The van der Waals surface area contributed by atoms with Crippen molar-refractivity contribution in [1.29, 1.82) is 0 Å². The lowest BCUT2D eigenvalue weighted by molar-refractivity contribution is 0.106. The summed E-state index contributed by atoms with van der Waals surface area (Å²) in [5, 5.41) is 0. The van der Waals surface area contributed by atoms with Gasteiger partial charge < -0.3 is 15.2 Å². The lowest BCUT2D eigenvalue weighted by atomic mass is 10.1. The van der Waals surface area contributed by atoms with Crippen LogP contribution in [0.5, 0.6) is 5.75 Å². The van der Waals surface area contributed by atoms with E-state index in [2.05, 4.69) is 25.1 Å². The van der Waals surface area contributed by atoms with Crippen molar-refractivity contribution in [1.82, 2.24) is 0 Å². The highest BCUT2D eigenvalue weighted by Crippen LogP contribution is 2.16. The van der Waals surface area contributed by atoms with Crippen LogP contribution in [0.25, 0.3) is 0 Å². The molecular formula is C17H21NO2. The van der Waals surface area contributed by atoms with Crippen LogP contribution in [0.15, 0.2) is 42.5 Å². The number of methoxy groups -OCH3 is 1. The van der Waals surface area contributed by atoms with Gasteiger partial charge in [-0.2, -0.15) is 0 Å².